The van der Waals surface area contributed by atoms with E-state index in [1.165, 1.54) is 12.1 Å². The predicted octanol–water partition coefficient (Wildman–Crippen LogP) is 3.03. The van der Waals surface area contributed by atoms with Crippen LogP contribution in [0.3, 0.4) is 0 Å². The van der Waals surface area contributed by atoms with Crippen molar-refractivity contribution in [3.05, 3.63) is 59.9 Å². The molecule has 1 aliphatic heterocycles. The summed E-state index contributed by atoms with van der Waals surface area (Å²) in [6, 6.07) is 13.3. The van der Waals surface area contributed by atoms with Gasteiger partial charge in [0.15, 0.2) is 0 Å². The molecule has 2 N–H and O–H groups in total. The number of amides is 1. The number of carbonyl (C=O) groups is 1. The number of anilines is 1. The van der Waals surface area contributed by atoms with Crippen LogP contribution in [0.2, 0.25) is 0 Å². The van der Waals surface area contributed by atoms with Crippen LogP contribution in [0.4, 0.5) is 10.1 Å². The van der Waals surface area contributed by atoms with Gasteiger partial charge in [0.25, 0.3) is 0 Å². The Morgan fingerprint density at radius 1 is 1.26 bits per heavy atom. The number of nitrogens with zero attached hydrogens (tertiary/aromatic N) is 1. The molecular formula is C18H19FN2O2. The molecule has 0 aromatic heterocycles. The molecule has 120 valence electrons. The molecule has 0 saturated carbocycles. The van der Waals surface area contributed by atoms with Crippen molar-refractivity contribution >= 4 is 11.6 Å². The van der Waals surface area contributed by atoms with Crippen LogP contribution in [-0.2, 0) is 4.79 Å². The van der Waals surface area contributed by atoms with Gasteiger partial charge in [-0.2, -0.15) is 0 Å². The molecule has 4 nitrogen and oxygen atoms in total. The van der Waals surface area contributed by atoms with Crippen molar-refractivity contribution in [3.63, 3.8) is 0 Å². The van der Waals surface area contributed by atoms with Gasteiger partial charge in [0.05, 0.1) is 12.3 Å². The SMILES string of the molecule is N[C@@H](CC(=O)N1CCCOc2ccc(F)cc21)c1ccccc1. The fourth-order valence-electron chi connectivity index (χ4n) is 2.72. The minimum Gasteiger partial charge on any atom is -0.491 e. The Hall–Kier alpha value is -2.40. The number of rotatable bonds is 3. The minimum atomic E-state index is -0.389. The molecule has 0 radical (unpaired) electrons. The van der Waals surface area contributed by atoms with E-state index in [1.54, 1.807) is 11.0 Å². The first-order chi connectivity index (χ1) is 11.1. The molecule has 3 rings (SSSR count). The summed E-state index contributed by atoms with van der Waals surface area (Å²) in [6.45, 7) is 1.00. The number of halogens is 1. The molecule has 5 heteroatoms. The molecule has 1 aliphatic rings. The molecule has 0 spiro atoms. The Bertz CT molecular complexity index is 691. The largest absolute Gasteiger partial charge is 0.491 e. The van der Waals surface area contributed by atoms with E-state index >= 15 is 0 Å². The normalized spacial score (nSPS) is 15.3. The first kappa shape index (κ1) is 15.5. The van der Waals surface area contributed by atoms with Gasteiger partial charge in [0, 0.05) is 25.1 Å². The molecule has 23 heavy (non-hydrogen) atoms. The zero-order valence-corrected chi connectivity index (χ0v) is 12.7. The third-order valence-electron chi connectivity index (χ3n) is 3.92. The fourth-order valence-corrected chi connectivity index (χ4v) is 2.72. The second-order valence-electron chi connectivity index (χ2n) is 5.58. The summed E-state index contributed by atoms with van der Waals surface area (Å²) < 4.78 is 19.2. The van der Waals surface area contributed by atoms with Crippen molar-refractivity contribution in [2.24, 2.45) is 5.73 Å². The van der Waals surface area contributed by atoms with Crippen LogP contribution in [-0.4, -0.2) is 19.1 Å². The number of fused-ring (bicyclic) bond motifs is 1. The van der Waals surface area contributed by atoms with Gasteiger partial charge in [-0.25, -0.2) is 4.39 Å². The molecular weight excluding hydrogens is 295 g/mol. The summed E-state index contributed by atoms with van der Waals surface area (Å²) in [5, 5.41) is 0. The van der Waals surface area contributed by atoms with E-state index in [9.17, 15) is 9.18 Å². The molecule has 0 unspecified atom stereocenters. The van der Waals surface area contributed by atoms with Gasteiger partial charge in [-0.1, -0.05) is 30.3 Å². The van der Waals surface area contributed by atoms with Crippen LogP contribution < -0.4 is 15.4 Å². The summed E-state index contributed by atoms with van der Waals surface area (Å²) in [5.74, 6) is 0.0173. The highest BCUT2D eigenvalue weighted by atomic mass is 19.1. The van der Waals surface area contributed by atoms with E-state index in [4.69, 9.17) is 10.5 Å². The number of hydrogen-bond donors (Lipinski definition) is 1. The van der Waals surface area contributed by atoms with Crippen LogP contribution in [0.5, 0.6) is 5.75 Å². The van der Waals surface area contributed by atoms with Gasteiger partial charge < -0.3 is 15.4 Å². The Balaban J connectivity index is 1.81. The van der Waals surface area contributed by atoms with Gasteiger partial charge in [0.2, 0.25) is 5.91 Å². The maximum absolute atomic E-state index is 13.6. The zero-order chi connectivity index (χ0) is 16.2. The van der Waals surface area contributed by atoms with Crippen molar-refractivity contribution in [3.8, 4) is 5.75 Å². The first-order valence-electron chi connectivity index (χ1n) is 7.68. The van der Waals surface area contributed by atoms with Gasteiger partial charge in [-0.15, -0.1) is 0 Å². The minimum absolute atomic E-state index is 0.126. The molecule has 0 aliphatic carbocycles. The van der Waals surface area contributed by atoms with Gasteiger partial charge in [0.1, 0.15) is 11.6 Å². The van der Waals surface area contributed by atoms with Gasteiger partial charge >= 0.3 is 0 Å². The summed E-state index contributed by atoms with van der Waals surface area (Å²) >= 11 is 0. The number of ether oxygens (including phenoxy) is 1. The summed E-state index contributed by atoms with van der Waals surface area (Å²) in [6.07, 6.45) is 0.864. The second-order valence-corrected chi connectivity index (χ2v) is 5.58. The van der Waals surface area contributed by atoms with Crippen LogP contribution in [0.1, 0.15) is 24.4 Å². The van der Waals surface area contributed by atoms with Crippen molar-refractivity contribution in [2.45, 2.75) is 18.9 Å². The highest BCUT2D eigenvalue weighted by molar-refractivity contribution is 5.95. The third kappa shape index (κ3) is 3.51. The topological polar surface area (TPSA) is 55.6 Å². The van der Waals surface area contributed by atoms with Crippen molar-refractivity contribution in [1.29, 1.82) is 0 Å². The second kappa shape index (κ2) is 6.79. The maximum Gasteiger partial charge on any atom is 0.229 e. The number of nitrogens with two attached hydrogens (primary N) is 1. The quantitative estimate of drug-likeness (QED) is 0.947. The van der Waals surface area contributed by atoms with Crippen LogP contribution in [0.25, 0.3) is 0 Å². The standard InChI is InChI=1S/C18H19FN2O2/c19-14-7-8-17-16(11-14)21(9-4-10-23-17)18(22)12-15(20)13-5-2-1-3-6-13/h1-3,5-8,11,15H,4,9-10,12,20H2/t15-/m0/s1. The van der Waals surface area contributed by atoms with E-state index < -0.39 is 0 Å². The lowest BCUT2D eigenvalue weighted by Gasteiger charge is -2.23. The van der Waals surface area contributed by atoms with E-state index in [-0.39, 0.29) is 24.2 Å². The lowest BCUT2D eigenvalue weighted by atomic mass is 10.0. The Morgan fingerprint density at radius 3 is 2.83 bits per heavy atom. The summed E-state index contributed by atoms with van der Waals surface area (Å²) in [7, 11) is 0. The average molecular weight is 314 g/mol. The van der Waals surface area contributed by atoms with Gasteiger partial charge in [-0.3, -0.25) is 4.79 Å². The summed E-state index contributed by atoms with van der Waals surface area (Å²) in [5.41, 5.74) is 7.53. The van der Waals surface area contributed by atoms with Crippen molar-refractivity contribution in [2.75, 3.05) is 18.1 Å². The number of carbonyl (C=O) groups excluding carboxylic acids is 1. The zero-order valence-electron chi connectivity index (χ0n) is 12.7. The molecule has 2 aromatic rings. The van der Waals surface area contributed by atoms with E-state index in [0.29, 0.717) is 31.0 Å². The van der Waals surface area contributed by atoms with E-state index in [2.05, 4.69) is 0 Å². The molecule has 1 heterocycles. The molecule has 0 saturated heterocycles. The monoisotopic (exact) mass is 314 g/mol. The van der Waals surface area contributed by atoms with Crippen molar-refractivity contribution in [1.82, 2.24) is 0 Å². The predicted molar refractivity (Wildman–Crippen MR) is 86.9 cm³/mol. The smallest absolute Gasteiger partial charge is 0.229 e. The highest BCUT2D eigenvalue weighted by Gasteiger charge is 2.24. The Kier molecular flexibility index (Phi) is 4.57. The van der Waals surface area contributed by atoms with Crippen LogP contribution in [0.15, 0.2) is 48.5 Å². The number of benzene rings is 2. The average Bonchev–Trinajstić information content (AvgIpc) is 2.77. The van der Waals surface area contributed by atoms with Crippen LogP contribution in [0, 0.1) is 5.82 Å². The Morgan fingerprint density at radius 2 is 2.04 bits per heavy atom. The third-order valence-corrected chi connectivity index (χ3v) is 3.92. The number of hydrogen-bond acceptors (Lipinski definition) is 3. The van der Waals surface area contributed by atoms with Gasteiger partial charge in [-0.05, 0) is 24.1 Å². The van der Waals surface area contributed by atoms with E-state index in [1.807, 2.05) is 30.3 Å². The van der Waals surface area contributed by atoms with Crippen molar-refractivity contribution < 1.29 is 13.9 Å². The molecule has 0 bridgehead atoms. The molecule has 0 fully saturated rings. The molecule has 1 amide bonds. The lowest BCUT2D eigenvalue weighted by molar-refractivity contribution is -0.119. The fraction of sp³-hybridized carbons (Fsp3) is 0.278. The molecule has 2 aromatic carbocycles. The Labute approximate surface area is 134 Å². The lowest BCUT2D eigenvalue weighted by Crippen LogP contribution is -2.34. The van der Waals surface area contributed by atoms with Crippen LogP contribution >= 0.6 is 0 Å². The molecule has 1 atom stereocenters. The maximum atomic E-state index is 13.6. The highest BCUT2D eigenvalue weighted by Crippen LogP contribution is 2.32. The first-order valence-corrected chi connectivity index (χ1v) is 7.68. The summed E-state index contributed by atoms with van der Waals surface area (Å²) in [4.78, 5) is 14.3. The van der Waals surface area contributed by atoms with E-state index in [0.717, 1.165) is 5.56 Å².